The van der Waals surface area contributed by atoms with Crippen molar-refractivity contribution in [1.29, 1.82) is 0 Å². The molecule has 6 saturated heterocycles. The van der Waals surface area contributed by atoms with Crippen LogP contribution >= 0.6 is 0 Å². The molecule has 1 aromatic heterocycles. The summed E-state index contributed by atoms with van der Waals surface area (Å²) in [6, 6.07) is 22.3. The van der Waals surface area contributed by atoms with Crippen molar-refractivity contribution in [1.82, 2.24) is 30.8 Å². The normalized spacial score (nSPS) is 21.3. The smallest absolute Gasteiger partial charge is 0.519 e. The number of ether oxygens (including phenoxy) is 4. The monoisotopic (exact) mass is 1860 g/mol. The number of aromatic amines is 1. The Bertz CT molecular complexity index is 3760. The van der Waals surface area contributed by atoms with Crippen LogP contribution in [0.4, 0.5) is 9.59 Å². The summed E-state index contributed by atoms with van der Waals surface area (Å²) in [5.41, 5.74) is 13.1. The molecule has 44 heteroatoms. The van der Waals surface area contributed by atoms with Crippen LogP contribution in [0.15, 0.2) is 91.3 Å². The van der Waals surface area contributed by atoms with Crippen LogP contribution in [0.2, 0.25) is 0 Å². The molecule has 724 valence electrons. The minimum Gasteiger partial charge on any atom is -0.724 e. The van der Waals surface area contributed by atoms with E-state index in [-0.39, 0.29) is 65.6 Å². The molecular formula is C82H142N10O31S3. The van der Waals surface area contributed by atoms with Crippen molar-refractivity contribution in [3.05, 3.63) is 102 Å². The van der Waals surface area contributed by atoms with Crippen molar-refractivity contribution in [2.75, 3.05) is 39.4 Å². The molecule has 41 nitrogen and oxygen atoms in total. The van der Waals surface area contributed by atoms with Gasteiger partial charge in [-0.25, -0.2) is 57.1 Å². The molecule has 6 aliphatic heterocycles. The van der Waals surface area contributed by atoms with Gasteiger partial charge in [0.2, 0.25) is 26.7 Å². The van der Waals surface area contributed by atoms with E-state index in [0.717, 1.165) is 29.4 Å². The summed E-state index contributed by atoms with van der Waals surface area (Å²) in [4.78, 5) is 111. The molecule has 0 bridgehead atoms. The van der Waals surface area contributed by atoms with Crippen molar-refractivity contribution in [3.63, 3.8) is 0 Å². The second kappa shape index (κ2) is 59.9. The average Bonchev–Trinajstić information content (AvgIpc) is 1.04. The summed E-state index contributed by atoms with van der Waals surface area (Å²) in [7, 11) is -14.3. The Morgan fingerprint density at radius 1 is 0.540 bits per heavy atom. The lowest BCUT2D eigenvalue weighted by Crippen LogP contribution is -2.67. The molecule has 11 N–H and O–H groups in total. The van der Waals surface area contributed by atoms with Gasteiger partial charge < -0.3 is 59.3 Å². The number of aliphatic carboxylic acids is 1. The van der Waals surface area contributed by atoms with Gasteiger partial charge in [-0.3, -0.25) is 53.0 Å². The van der Waals surface area contributed by atoms with E-state index in [9.17, 15) is 82.6 Å². The Morgan fingerprint density at radius 3 is 1.13 bits per heavy atom. The number of carboxylic acid groups (broad SMARTS) is 1. The SMILES string of the molecule is C1CCOC1.CC(C)(C)OC(=O)OC(=O)OC(C)(C)C.CCCC[N+](CCCC)(CCCC)CCCC.C[C@@H]1C(=O)N(O)[C@@H]1C.C[C@@H]1C(=O)N(OCc2ccccc2)[C@@H]1C.C[C@@H]1C(=O)N(OS(=O)(=O)[O-])[C@@H]1C.C[C@@H]1C(=O)N(OS(=O)(=O)[O-])[C@@H]1C.C[C@@H]1[C@H](N)C(=O)N1OS(=O)(=O)O.C[C@H](O)[C@H](C)C(=O)NOCc1ccccc1.C[C@H](O)[C@H](N)C(=O)O.c1cc[nH+]cc1. The number of aliphatic hydroxyl groups is 2. The van der Waals surface area contributed by atoms with E-state index in [1.165, 1.54) is 114 Å². The number of hydrogen-bond donors (Lipinski definition) is 8. The first-order chi connectivity index (χ1) is 58.2. The van der Waals surface area contributed by atoms with Gasteiger partial charge in [0.15, 0.2) is 12.4 Å². The maximum absolute atomic E-state index is 11.4. The van der Waals surface area contributed by atoms with Crippen LogP contribution in [0.3, 0.4) is 0 Å². The molecular weight excluding hydrogens is 1720 g/mol. The van der Waals surface area contributed by atoms with Gasteiger partial charge in [-0.2, -0.15) is 22.0 Å². The molecule has 126 heavy (non-hydrogen) atoms. The fourth-order valence-electron chi connectivity index (χ4n) is 10.5. The van der Waals surface area contributed by atoms with Crippen LogP contribution in [0.25, 0.3) is 0 Å². The first-order valence-corrected chi connectivity index (χ1v) is 45.8. The van der Waals surface area contributed by atoms with Crippen molar-refractivity contribution in [3.8, 4) is 0 Å². The molecule has 0 spiro atoms. The number of pyridine rings is 1. The van der Waals surface area contributed by atoms with E-state index in [4.69, 9.17) is 55.3 Å². The van der Waals surface area contributed by atoms with E-state index in [1.54, 1.807) is 90.0 Å². The van der Waals surface area contributed by atoms with Gasteiger partial charge in [0.25, 0.3) is 29.5 Å². The molecule has 0 unspecified atom stereocenters. The number of carboxylic acids is 1. The third-order valence-corrected chi connectivity index (χ3v) is 20.5. The van der Waals surface area contributed by atoms with Gasteiger partial charge in [-0.15, -0.1) is 4.28 Å². The first kappa shape index (κ1) is 120. The summed E-state index contributed by atoms with van der Waals surface area (Å²) < 4.78 is 121. The molecule has 7 heterocycles. The molecule has 6 amide bonds. The standard InChI is InChI=1S/C16H36N.C12H17NO3.C12H15NO2.C10H18O5.2C5H9NO5S.C5H9NO2.C5H5N.C4H8N2O5S.C4H9NO3.C4H8O/c1-5-9-13-17(14-10-6-2,15-11-7-3)16-12-8-4;1-9(10(2)14)12(15)13-16-8-11-6-4-3-5-7-11;1-9-10(2)13(12(9)14)15-8-11-6-4-3-5-7-11;1-9(2,3)14-7(11)13-8(12)15-10(4,5)6;2*1-3-4(2)6(5(3)7)11-12(8,9)10;1-3-4(2)6(8)5(3)7;1-2-4-6-5-3-1;1-2-3(5)4(7)6(2)11-12(8,9)10;1-2(6)3(5)4(7)8;1-2-4-5-3-1/h5-16H2,1-4H3;3-7,9-10,14H,8H2,1-2H3,(H,13,15);3-7,9-10H,8H2,1-2H3;1-6H3;2*3-4H,1-2H3,(H,8,9,10);3-4,8H,1-2H3;1-5H;2-3H,5H2,1H3,(H,8,9,10);2-3,6H,5H2,1H3,(H,7,8);1-4H2/q+1;;;;;;;;;;/p-1/t;9-,10-;9-,10+;;3*3-,4+;;2-,3+;2-,3-;/m.00.000.10./s1. The lowest BCUT2D eigenvalue weighted by molar-refractivity contribution is -0.929. The van der Waals surface area contributed by atoms with Gasteiger partial charge in [0.1, 0.15) is 29.9 Å². The molecule has 0 radical (unpaired) electrons. The lowest BCUT2D eigenvalue weighted by Gasteiger charge is -2.42. The topological polar surface area (TPSA) is 581 Å². The zero-order valence-corrected chi connectivity index (χ0v) is 79.3. The average molecular weight is 1860 g/mol. The van der Waals surface area contributed by atoms with Crippen molar-refractivity contribution < 1.29 is 154 Å². The summed E-state index contributed by atoms with van der Waals surface area (Å²) in [6.45, 7) is 47.9. The molecule has 0 saturated carbocycles. The van der Waals surface area contributed by atoms with Crippen molar-refractivity contribution in [2.45, 2.75) is 295 Å². The number of carbonyl (C=O) groups is 9. The molecule has 6 fully saturated rings. The third-order valence-electron chi connectivity index (χ3n) is 19.5. The van der Waals surface area contributed by atoms with E-state index < -0.39 is 115 Å². The summed E-state index contributed by atoms with van der Waals surface area (Å²) in [5.74, 6) is -4.15. The number of β-lactam (4-membered cyclic amide) rings is 5. The Balaban J connectivity index is 0. The van der Waals surface area contributed by atoms with Crippen LogP contribution in [0.5, 0.6) is 0 Å². The van der Waals surface area contributed by atoms with Gasteiger partial charge in [-0.05, 0) is 140 Å². The predicted molar refractivity (Wildman–Crippen MR) is 457 cm³/mol. The number of hydroxylamine groups is 11. The largest absolute Gasteiger partial charge is 0.724 e. The highest BCUT2D eigenvalue weighted by Gasteiger charge is 2.47. The molecule has 14 atom stereocenters. The van der Waals surface area contributed by atoms with Crippen LogP contribution in [-0.2, 0) is 119 Å². The second-order valence-corrected chi connectivity index (χ2v) is 35.3. The number of hydrogen-bond acceptors (Lipinski definition) is 31. The fraction of sp³-hybridized carbons (Fsp3) is 0.683. The number of quaternary nitrogens is 1. The summed E-state index contributed by atoms with van der Waals surface area (Å²) in [6.07, 6.45) is 13.6. The van der Waals surface area contributed by atoms with E-state index in [1.807, 2.05) is 112 Å². The quantitative estimate of drug-likeness (QED) is 0.00496. The van der Waals surface area contributed by atoms with Gasteiger partial charge in [0.05, 0.1) is 105 Å². The van der Waals surface area contributed by atoms with Crippen molar-refractivity contribution >= 4 is 84.9 Å². The number of unbranched alkanes of at least 4 members (excludes halogenated alkanes) is 4. The molecule has 9 rings (SSSR count). The Hall–Kier alpha value is -8.13. The van der Waals surface area contributed by atoms with E-state index >= 15 is 0 Å². The Morgan fingerprint density at radius 2 is 0.889 bits per heavy atom. The number of nitrogens with zero attached hydrogens (tertiary/aromatic N) is 6. The fourth-order valence-corrected chi connectivity index (χ4v) is 11.7. The summed E-state index contributed by atoms with van der Waals surface area (Å²) >= 11 is 0. The van der Waals surface area contributed by atoms with Crippen LogP contribution in [0, 0.1) is 29.6 Å². The Kier molecular flexibility index (Phi) is 57.0. The van der Waals surface area contributed by atoms with Crippen LogP contribution < -0.4 is 21.9 Å². The highest BCUT2D eigenvalue weighted by Crippen LogP contribution is 2.30. The minimum atomic E-state index is -4.82. The van der Waals surface area contributed by atoms with Gasteiger partial charge in [-0.1, -0.05) is 155 Å². The number of aromatic nitrogens is 1. The zero-order chi connectivity index (χ0) is 97.4. The van der Waals surface area contributed by atoms with E-state index in [2.05, 4.69) is 55.7 Å². The van der Waals surface area contributed by atoms with E-state index in [0.29, 0.717) is 28.4 Å². The predicted octanol–water partition coefficient (Wildman–Crippen LogP) is 8.20. The number of rotatable bonds is 28. The van der Waals surface area contributed by atoms with Gasteiger partial charge >= 0.3 is 28.7 Å². The zero-order valence-electron chi connectivity index (χ0n) is 76.9. The first-order valence-electron chi connectivity index (χ1n) is 41.7. The minimum absolute atomic E-state index is 0.0139. The number of benzene rings is 2. The lowest BCUT2D eigenvalue weighted by atomic mass is 9.94. The molecule has 3 aromatic rings. The number of nitrogens with two attached hydrogens (primary N) is 2. The third kappa shape index (κ3) is 50.0. The highest BCUT2D eigenvalue weighted by molar-refractivity contribution is 7.81. The maximum atomic E-state index is 11.4. The van der Waals surface area contributed by atoms with Crippen molar-refractivity contribution in [2.24, 2.45) is 41.1 Å². The van der Waals surface area contributed by atoms with Crippen LogP contribution in [0.1, 0.15) is 228 Å². The maximum Gasteiger partial charge on any atom is 0.519 e. The van der Waals surface area contributed by atoms with Gasteiger partial charge in [0, 0.05) is 25.3 Å². The molecule has 2 aromatic carbocycles. The van der Waals surface area contributed by atoms with Crippen LogP contribution in [-0.4, -0.2) is 248 Å². The second-order valence-electron chi connectivity index (χ2n) is 32.4. The number of carbonyl (C=O) groups excluding carboxylic acids is 8. The Labute approximate surface area is 743 Å². The highest BCUT2D eigenvalue weighted by atomic mass is 32.3. The summed E-state index contributed by atoms with van der Waals surface area (Å²) in [5, 5.41) is 38.3. The molecule has 0 aliphatic carbocycles. The number of nitrogens with one attached hydrogen (secondary N) is 2. The molecule has 6 aliphatic rings. The number of amides is 6. The number of aliphatic hydroxyl groups excluding tert-OH is 2. The number of H-pyrrole nitrogens is 1.